The van der Waals surface area contributed by atoms with E-state index in [4.69, 9.17) is 4.74 Å². The highest BCUT2D eigenvalue weighted by molar-refractivity contribution is 7.87. The van der Waals surface area contributed by atoms with Crippen LogP contribution in [0.3, 0.4) is 0 Å². The minimum Gasteiger partial charge on any atom is -0.482 e. The molecule has 0 spiro atoms. The lowest BCUT2D eigenvalue weighted by atomic mass is 10.2. The standard InChI is InChI=1S/C12H17N3O4S/c1-14(2)20(17,18)13-7-8-15-10-5-3-4-6-11(10)19-9-12(15)16/h3-6,13H,7-9H2,1-2H3. The molecule has 0 saturated heterocycles. The highest BCUT2D eigenvalue weighted by Gasteiger charge is 2.25. The molecule has 1 aliphatic heterocycles. The Hall–Kier alpha value is -1.64. The number of amides is 1. The largest absolute Gasteiger partial charge is 0.482 e. The molecule has 1 N–H and O–H groups in total. The van der Waals surface area contributed by atoms with Gasteiger partial charge in [0.15, 0.2) is 6.61 Å². The van der Waals surface area contributed by atoms with Crippen LogP contribution in [0.25, 0.3) is 0 Å². The van der Waals surface area contributed by atoms with Gasteiger partial charge in [0.1, 0.15) is 5.75 Å². The van der Waals surface area contributed by atoms with Crippen molar-refractivity contribution >= 4 is 21.8 Å². The molecule has 1 heterocycles. The molecule has 0 fully saturated rings. The molecule has 7 nitrogen and oxygen atoms in total. The number of hydrogen-bond acceptors (Lipinski definition) is 4. The molecule has 8 heteroatoms. The molecule has 110 valence electrons. The van der Waals surface area contributed by atoms with Crippen molar-refractivity contribution in [2.75, 3.05) is 38.7 Å². The number of nitrogens with one attached hydrogen (secondary N) is 1. The number of benzene rings is 1. The second-order valence-corrected chi connectivity index (χ2v) is 6.45. The van der Waals surface area contributed by atoms with Gasteiger partial charge < -0.3 is 9.64 Å². The number of ether oxygens (including phenoxy) is 1. The fourth-order valence-corrected chi connectivity index (χ4v) is 2.42. The zero-order valence-corrected chi connectivity index (χ0v) is 12.2. The van der Waals surface area contributed by atoms with E-state index in [1.54, 1.807) is 18.2 Å². The first-order chi connectivity index (χ1) is 9.42. The van der Waals surface area contributed by atoms with E-state index in [0.717, 1.165) is 4.31 Å². The van der Waals surface area contributed by atoms with Crippen LogP contribution in [0.15, 0.2) is 24.3 Å². The Labute approximate surface area is 118 Å². The summed E-state index contributed by atoms with van der Waals surface area (Å²) in [6, 6.07) is 7.17. The molecule has 20 heavy (non-hydrogen) atoms. The zero-order chi connectivity index (χ0) is 14.8. The third kappa shape index (κ3) is 3.09. The molecule has 1 aromatic carbocycles. The molecule has 1 aromatic rings. The number of carbonyl (C=O) groups excluding carboxylic acids is 1. The number of fused-ring (bicyclic) bond motifs is 1. The van der Waals surface area contributed by atoms with Crippen molar-refractivity contribution in [1.82, 2.24) is 9.03 Å². The summed E-state index contributed by atoms with van der Waals surface area (Å²) in [5, 5.41) is 0. The molecular formula is C12H17N3O4S. The van der Waals surface area contributed by atoms with Gasteiger partial charge in [-0.1, -0.05) is 12.1 Å². The lowest BCUT2D eigenvalue weighted by Gasteiger charge is -2.29. The summed E-state index contributed by atoms with van der Waals surface area (Å²) in [5.74, 6) is 0.440. The van der Waals surface area contributed by atoms with E-state index >= 15 is 0 Å². The average Bonchev–Trinajstić information content (AvgIpc) is 2.41. The zero-order valence-electron chi connectivity index (χ0n) is 11.4. The van der Waals surface area contributed by atoms with Crippen LogP contribution in [-0.2, 0) is 15.0 Å². The molecule has 0 radical (unpaired) electrons. The normalized spacial score (nSPS) is 15.2. The van der Waals surface area contributed by atoms with E-state index in [-0.39, 0.29) is 25.6 Å². The minimum absolute atomic E-state index is 0.0303. The molecule has 0 aromatic heterocycles. The number of para-hydroxylation sites is 2. The number of carbonyl (C=O) groups is 1. The quantitative estimate of drug-likeness (QED) is 0.817. The maximum atomic E-state index is 11.9. The fourth-order valence-electron chi connectivity index (χ4n) is 1.81. The van der Waals surface area contributed by atoms with Crippen molar-refractivity contribution in [2.45, 2.75) is 0 Å². The van der Waals surface area contributed by atoms with Crippen LogP contribution in [-0.4, -0.2) is 52.4 Å². The van der Waals surface area contributed by atoms with Crippen LogP contribution >= 0.6 is 0 Å². The molecule has 0 bridgehead atoms. The highest BCUT2D eigenvalue weighted by atomic mass is 32.2. The van der Waals surface area contributed by atoms with Crippen LogP contribution < -0.4 is 14.4 Å². The van der Waals surface area contributed by atoms with Gasteiger partial charge in [0.05, 0.1) is 5.69 Å². The van der Waals surface area contributed by atoms with Gasteiger partial charge in [0.25, 0.3) is 16.1 Å². The van der Waals surface area contributed by atoms with Gasteiger partial charge in [-0.15, -0.1) is 0 Å². The third-order valence-electron chi connectivity index (χ3n) is 2.91. The van der Waals surface area contributed by atoms with E-state index < -0.39 is 10.2 Å². The van der Waals surface area contributed by atoms with E-state index in [2.05, 4.69) is 4.72 Å². The summed E-state index contributed by atoms with van der Waals surface area (Å²) >= 11 is 0. The Morgan fingerprint density at radius 3 is 2.75 bits per heavy atom. The minimum atomic E-state index is -3.48. The lowest BCUT2D eigenvalue weighted by Crippen LogP contribution is -2.45. The van der Waals surface area contributed by atoms with E-state index in [0.29, 0.717) is 11.4 Å². The Balaban J connectivity index is 2.05. The van der Waals surface area contributed by atoms with Gasteiger partial charge in [-0.25, -0.2) is 4.72 Å². The van der Waals surface area contributed by atoms with Crippen LogP contribution in [0.1, 0.15) is 0 Å². The Bertz CT molecular complexity index is 600. The van der Waals surface area contributed by atoms with Crippen LogP contribution in [0.4, 0.5) is 5.69 Å². The van der Waals surface area contributed by atoms with Gasteiger partial charge >= 0.3 is 0 Å². The average molecular weight is 299 g/mol. The summed E-state index contributed by atoms with van der Waals surface area (Å²) < 4.78 is 32.0. The number of nitrogens with zero attached hydrogens (tertiary/aromatic N) is 2. The smallest absolute Gasteiger partial charge is 0.278 e. The van der Waals surface area contributed by atoms with Crippen molar-refractivity contribution in [3.8, 4) is 5.75 Å². The van der Waals surface area contributed by atoms with Crippen molar-refractivity contribution in [3.05, 3.63) is 24.3 Å². The summed E-state index contributed by atoms with van der Waals surface area (Å²) in [6.45, 7) is 0.365. The predicted octanol–water partition coefficient (Wildman–Crippen LogP) is -0.192. The van der Waals surface area contributed by atoms with Gasteiger partial charge in [-0.2, -0.15) is 12.7 Å². The first-order valence-corrected chi connectivity index (χ1v) is 7.55. The molecule has 0 aliphatic carbocycles. The summed E-state index contributed by atoms with van der Waals surface area (Å²) in [7, 11) is -0.596. The first kappa shape index (κ1) is 14.8. The summed E-state index contributed by atoms with van der Waals surface area (Å²) in [4.78, 5) is 13.4. The van der Waals surface area contributed by atoms with Crippen molar-refractivity contribution < 1.29 is 17.9 Å². The van der Waals surface area contributed by atoms with Gasteiger partial charge in [0, 0.05) is 27.2 Å². The van der Waals surface area contributed by atoms with Gasteiger partial charge in [-0.3, -0.25) is 4.79 Å². The fraction of sp³-hybridized carbons (Fsp3) is 0.417. The molecule has 1 aliphatic rings. The Kier molecular flexibility index (Phi) is 4.26. The maximum Gasteiger partial charge on any atom is 0.278 e. The number of rotatable bonds is 5. The molecule has 0 saturated carbocycles. The third-order valence-corrected chi connectivity index (χ3v) is 4.44. The predicted molar refractivity (Wildman–Crippen MR) is 74.9 cm³/mol. The van der Waals surface area contributed by atoms with E-state index in [9.17, 15) is 13.2 Å². The monoisotopic (exact) mass is 299 g/mol. The molecule has 2 rings (SSSR count). The molecule has 0 unspecified atom stereocenters. The number of anilines is 1. The molecule has 1 amide bonds. The van der Waals surface area contributed by atoms with Gasteiger partial charge in [-0.05, 0) is 12.1 Å². The van der Waals surface area contributed by atoms with Crippen LogP contribution in [0.5, 0.6) is 5.75 Å². The topological polar surface area (TPSA) is 79.0 Å². The Morgan fingerprint density at radius 2 is 2.05 bits per heavy atom. The second kappa shape index (κ2) is 5.78. The first-order valence-electron chi connectivity index (χ1n) is 6.11. The van der Waals surface area contributed by atoms with Gasteiger partial charge in [0.2, 0.25) is 0 Å². The van der Waals surface area contributed by atoms with Crippen molar-refractivity contribution in [1.29, 1.82) is 0 Å². The lowest BCUT2D eigenvalue weighted by molar-refractivity contribution is -0.121. The summed E-state index contributed by atoms with van der Waals surface area (Å²) in [5.41, 5.74) is 0.660. The number of hydrogen-bond donors (Lipinski definition) is 1. The molecular weight excluding hydrogens is 282 g/mol. The molecule has 0 atom stereocenters. The maximum absolute atomic E-state index is 11.9. The van der Waals surface area contributed by atoms with E-state index in [1.807, 2.05) is 6.07 Å². The van der Waals surface area contributed by atoms with Crippen molar-refractivity contribution in [2.24, 2.45) is 0 Å². The second-order valence-electron chi connectivity index (χ2n) is 4.48. The summed E-state index contributed by atoms with van der Waals surface area (Å²) in [6.07, 6.45) is 0. The van der Waals surface area contributed by atoms with Crippen LogP contribution in [0, 0.1) is 0 Å². The van der Waals surface area contributed by atoms with E-state index in [1.165, 1.54) is 19.0 Å². The van der Waals surface area contributed by atoms with Crippen molar-refractivity contribution in [3.63, 3.8) is 0 Å². The Morgan fingerprint density at radius 1 is 1.35 bits per heavy atom. The SMILES string of the molecule is CN(C)S(=O)(=O)NCCN1C(=O)COc2ccccc21. The van der Waals surface area contributed by atoms with Crippen LogP contribution in [0.2, 0.25) is 0 Å². The highest BCUT2D eigenvalue weighted by Crippen LogP contribution is 2.30.